The van der Waals surface area contributed by atoms with Gasteiger partial charge in [-0.05, 0) is 67.3 Å². The molecule has 1 aliphatic rings. The molecule has 1 aromatic carbocycles. The number of rotatable bonds is 17. The maximum Gasteiger partial charge on any atom is 0.159 e. The number of aryl methyl sites for hydroxylation is 1. The van der Waals surface area contributed by atoms with Crippen LogP contribution in [0.2, 0.25) is 0 Å². The van der Waals surface area contributed by atoms with Crippen molar-refractivity contribution in [1.82, 2.24) is 9.97 Å². The van der Waals surface area contributed by atoms with Gasteiger partial charge in [-0.15, -0.1) is 0 Å². The third-order valence-electron chi connectivity index (χ3n) is 7.87. The summed E-state index contributed by atoms with van der Waals surface area (Å²) in [5, 5.41) is 0. The quantitative estimate of drug-likeness (QED) is 0.212. The van der Waals surface area contributed by atoms with Crippen molar-refractivity contribution in [3.8, 4) is 17.1 Å². The Hall–Kier alpha value is -1.90. The van der Waals surface area contributed by atoms with Crippen LogP contribution in [0.5, 0.6) is 5.75 Å². The first-order valence-electron chi connectivity index (χ1n) is 14.8. The topological polar surface area (TPSA) is 35.0 Å². The lowest BCUT2D eigenvalue weighted by Gasteiger charge is -2.32. The molecule has 1 fully saturated rings. The van der Waals surface area contributed by atoms with Gasteiger partial charge in [0, 0.05) is 18.0 Å². The number of nitrogens with zero attached hydrogens (tertiary/aromatic N) is 2. The molecule has 0 spiro atoms. The Morgan fingerprint density at radius 2 is 1.31 bits per heavy atom. The van der Waals surface area contributed by atoms with Crippen LogP contribution in [0, 0.1) is 11.8 Å². The highest BCUT2D eigenvalue weighted by Gasteiger charge is 2.24. The molecular weight excluding hydrogens is 428 g/mol. The van der Waals surface area contributed by atoms with Crippen LogP contribution in [-0.4, -0.2) is 16.6 Å². The summed E-state index contributed by atoms with van der Waals surface area (Å²) >= 11 is 0. The molecule has 1 saturated carbocycles. The number of benzene rings is 1. The van der Waals surface area contributed by atoms with E-state index in [2.05, 4.69) is 48.1 Å². The van der Waals surface area contributed by atoms with Gasteiger partial charge in [0.2, 0.25) is 0 Å². The first kappa shape index (κ1) is 27.7. The molecular formula is C32H50N2O. The number of hydrogen-bond donors (Lipinski definition) is 0. The summed E-state index contributed by atoms with van der Waals surface area (Å²) < 4.78 is 6.09. The summed E-state index contributed by atoms with van der Waals surface area (Å²) in [6.45, 7) is 5.36. The Labute approximate surface area is 215 Å². The zero-order valence-corrected chi connectivity index (χ0v) is 22.6. The first-order valence-corrected chi connectivity index (χ1v) is 14.8. The first-order chi connectivity index (χ1) is 17.3. The second kappa shape index (κ2) is 16.7. The Kier molecular flexibility index (Phi) is 13.2. The Morgan fingerprint density at radius 3 is 2.00 bits per heavy atom. The molecule has 0 bridgehead atoms. The largest absolute Gasteiger partial charge is 0.494 e. The summed E-state index contributed by atoms with van der Waals surface area (Å²) in [6.07, 6.45) is 27.0. The van der Waals surface area contributed by atoms with Gasteiger partial charge in [0.25, 0.3) is 0 Å². The van der Waals surface area contributed by atoms with Crippen LogP contribution >= 0.6 is 0 Å². The zero-order chi connectivity index (χ0) is 24.6. The number of aromatic nitrogens is 2. The van der Waals surface area contributed by atoms with Crippen molar-refractivity contribution >= 4 is 0 Å². The third-order valence-corrected chi connectivity index (χ3v) is 7.87. The van der Waals surface area contributed by atoms with E-state index in [1.807, 2.05) is 12.4 Å². The van der Waals surface area contributed by atoms with E-state index in [0.29, 0.717) is 0 Å². The lowest BCUT2D eigenvalue weighted by molar-refractivity contribution is 0.190. The number of unbranched alkanes of at least 4 members (excludes halogenated alkanes) is 7. The lowest BCUT2D eigenvalue weighted by Crippen LogP contribution is -2.20. The van der Waals surface area contributed by atoms with Gasteiger partial charge in [-0.3, -0.25) is 0 Å². The molecule has 1 aliphatic carbocycles. The molecule has 0 aliphatic heterocycles. The van der Waals surface area contributed by atoms with Crippen molar-refractivity contribution in [1.29, 1.82) is 0 Å². The van der Waals surface area contributed by atoms with Gasteiger partial charge >= 0.3 is 0 Å². The fraction of sp³-hybridized carbons (Fsp3) is 0.688. The summed E-state index contributed by atoms with van der Waals surface area (Å²) in [7, 11) is 0. The average molecular weight is 479 g/mol. The van der Waals surface area contributed by atoms with E-state index in [1.54, 1.807) is 0 Å². The molecule has 194 valence electrons. The maximum atomic E-state index is 6.09. The highest BCUT2D eigenvalue weighted by Crippen LogP contribution is 2.36. The SMILES string of the molecule is CCCCCCCCC1CCCCC1CCCOc1ccc(-c2ncc(CCCCC)cn2)cc1. The number of hydrogen-bond acceptors (Lipinski definition) is 3. The average Bonchev–Trinajstić information content (AvgIpc) is 2.90. The predicted molar refractivity (Wildman–Crippen MR) is 149 cm³/mol. The Bertz CT molecular complexity index is 786. The van der Waals surface area contributed by atoms with Crippen molar-refractivity contribution in [3.05, 3.63) is 42.2 Å². The second-order valence-corrected chi connectivity index (χ2v) is 10.7. The van der Waals surface area contributed by atoms with Gasteiger partial charge in [-0.25, -0.2) is 9.97 Å². The standard InChI is InChI=1S/C32H50N2O/c1-3-5-7-8-9-11-16-28-17-12-13-18-29(28)19-14-24-35-31-22-20-30(21-23-31)32-33-25-27(26-34-32)15-10-6-4-2/h20-23,25-26,28-29H,3-19,24H2,1-2H3. The molecule has 2 unspecified atom stereocenters. The van der Waals surface area contributed by atoms with E-state index in [-0.39, 0.29) is 0 Å². The molecule has 1 heterocycles. The maximum absolute atomic E-state index is 6.09. The summed E-state index contributed by atoms with van der Waals surface area (Å²) in [4.78, 5) is 9.16. The predicted octanol–water partition coefficient (Wildman–Crippen LogP) is 9.59. The molecule has 3 nitrogen and oxygen atoms in total. The van der Waals surface area contributed by atoms with Crippen molar-refractivity contribution in [2.45, 2.75) is 123 Å². The number of ether oxygens (including phenoxy) is 1. The molecule has 0 amide bonds. The van der Waals surface area contributed by atoms with E-state index in [9.17, 15) is 0 Å². The van der Waals surface area contributed by atoms with E-state index in [4.69, 9.17) is 4.74 Å². The van der Waals surface area contributed by atoms with Gasteiger partial charge in [0.15, 0.2) is 5.82 Å². The molecule has 2 aromatic rings. The normalized spacial score (nSPS) is 18.0. The minimum Gasteiger partial charge on any atom is -0.494 e. The van der Waals surface area contributed by atoms with Gasteiger partial charge in [0.1, 0.15) is 5.75 Å². The third kappa shape index (κ3) is 10.3. The molecule has 2 atom stereocenters. The zero-order valence-electron chi connectivity index (χ0n) is 22.6. The van der Waals surface area contributed by atoms with Crippen molar-refractivity contribution < 1.29 is 4.74 Å². The van der Waals surface area contributed by atoms with Crippen molar-refractivity contribution in [3.63, 3.8) is 0 Å². The summed E-state index contributed by atoms with van der Waals surface area (Å²) in [6, 6.07) is 8.30. The van der Waals surface area contributed by atoms with Crippen LogP contribution < -0.4 is 4.74 Å². The van der Waals surface area contributed by atoms with E-state index >= 15 is 0 Å². The molecule has 0 saturated heterocycles. The van der Waals surface area contributed by atoms with Gasteiger partial charge in [0.05, 0.1) is 6.61 Å². The van der Waals surface area contributed by atoms with Crippen LogP contribution in [0.25, 0.3) is 11.4 Å². The highest BCUT2D eigenvalue weighted by molar-refractivity contribution is 5.55. The van der Waals surface area contributed by atoms with Gasteiger partial charge in [-0.1, -0.05) is 97.3 Å². The second-order valence-electron chi connectivity index (χ2n) is 10.7. The smallest absolute Gasteiger partial charge is 0.159 e. The molecule has 1 aromatic heterocycles. The van der Waals surface area contributed by atoms with Crippen LogP contribution in [0.1, 0.15) is 122 Å². The van der Waals surface area contributed by atoms with Gasteiger partial charge < -0.3 is 4.74 Å². The van der Waals surface area contributed by atoms with Crippen LogP contribution in [0.3, 0.4) is 0 Å². The molecule has 0 N–H and O–H groups in total. The van der Waals surface area contributed by atoms with Crippen LogP contribution in [0.15, 0.2) is 36.7 Å². The minimum atomic E-state index is 0.796. The van der Waals surface area contributed by atoms with Crippen molar-refractivity contribution in [2.75, 3.05) is 6.61 Å². The van der Waals surface area contributed by atoms with E-state index < -0.39 is 0 Å². The minimum absolute atomic E-state index is 0.796. The van der Waals surface area contributed by atoms with Crippen LogP contribution in [0.4, 0.5) is 0 Å². The molecule has 3 heteroatoms. The van der Waals surface area contributed by atoms with Crippen molar-refractivity contribution in [2.24, 2.45) is 11.8 Å². The summed E-state index contributed by atoms with van der Waals surface area (Å²) in [5.74, 6) is 3.64. The lowest BCUT2D eigenvalue weighted by atomic mass is 9.74. The van der Waals surface area contributed by atoms with E-state index in [1.165, 1.54) is 108 Å². The molecule has 3 rings (SSSR count). The van der Waals surface area contributed by atoms with E-state index in [0.717, 1.165) is 42.0 Å². The monoisotopic (exact) mass is 478 g/mol. The highest BCUT2D eigenvalue weighted by atomic mass is 16.5. The Balaban J connectivity index is 1.35. The van der Waals surface area contributed by atoms with Gasteiger partial charge in [-0.2, -0.15) is 0 Å². The Morgan fingerprint density at radius 1 is 0.714 bits per heavy atom. The molecule has 35 heavy (non-hydrogen) atoms. The molecule has 0 radical (unpaired) electrons. The fourth-order valence-electron chi connectivity index (χ4n) is 5.68. The summed E-state index contributed by atoms with van der Waals surface area (Å²) in [5.41, 5.74) is 2.28. The van der Waals surface area contributed by atoms with Crippen LogP contribution in [-0.2, 0) is 6.42 Å². The fourth-order valence-corrected chi connectivity index (χ4v) is 5.68.